The van der Waals surface area contributed by atoms with Gasteiger partial charge in [0.15, 0.2) is 0 Å². The van der Waals surface area contributed by atoms with Crippen LogP contribution in [0.3, 0.4) is 0 Å². The maximum Gasteiger partial charge on any atom is 0.254 e. The molecule has 5 heteroatoms. The van der Waals surface area contributed by atoms with Crippen LogP contribution in [0.4, 0.5) is 14.5 Å². The number of amides is 1. The van der Waals surface area contributed by atoms with Crippen LogP contribution in [0.5, 0.6) is 0 Å². The van der Waals surface area contributed by atoms with Gasteiger partial charge in [-0.15, -0.1) is 0 Å². The Balaban J connectivity index is 2.18. The Morgan fingerprint density at radius 3 is 2.26 bits per heavy atom. The second-order valence-electron chi connectivity index (χ2n) is 5.06. The molecule has 1 aromatic carbocycles. The Labute approximate surface area is 111 Å². The Morgan fingerprint density at radius 1 is 1.21 bits per heavy atom. The third-order valence-corrected chi connectivity index (χ3v) is 3.77. The number of nitrogens with zero attached hydrogens (tertiary/aromatic N) is 1. The molecule has 0 aliphatic heterocycles. The molecular weight excluding hydrogens is 250 g/mol. The van der Waals surface area contributed by atoms with Gasteiger partial charge in [-0.1, -0.05) is 19.3 Å². The summed E-state index contributed by atoms with van der Waals surface area (Å²) >= 11 is 0. The van der Waals surface area contributed by atoms with E-state index in [1.807, 2.05) is 0 Å². The van der Waals surface area contributed by atoms with Crippen molar-refractivity contribution in [2.45, 2.75) is 38.1 Å². The zero-order valence-electron chi connectivity index (χ0n) is 11.0. The van der Waals surface area contributed by atoms with Crippen molar-refractivity contribution in [3.8, 4) is 0 Å². The van der Waals surface area contributed by atoms with Gasteiger partial charge < -0.3 is 10.6 Å². The number of carbonyl (C=O) groups is 1. The first-order valence-electron chi connectivity index (χ1n) is 6.52. The van der Waals surface area contributed by atoms with Crippen LogP contribution in [-0.2, 0) is 0 Å². The SMILES string of the molecule is CN(C(=O)c1cc(F)c(N)c(F)c1)C1CCCCC1. The number of benzene rings is 1. The fourth-order valence-corrected chi connectivity index (χ4v) is 2.55. The summed E-state index contributed by atoms with van der Waals surface area (Å²) in [5, 5.41) is 0. The molecule has 0 bridgehead atoms. The average Bonchev–Trinajstić information content (AvgIpc) is 2.43. The summed E-state index contributed by atoms with van der Waals surface area (Å²) < 4.78 is 26.7. The zero-order valence-corrected chi connectivity index (χ0v) is 11.0. The standard InChI is InChI=1S/C14H18F2N2O/c1-18(10-5-3-2-4-6-10)14(19)9-7-11(15)13(17)12(16)8-9/h7-8,10H,2-6,17H2,1H3. The quantitative estimate of drug-likeness (QED) is 0.838. The van der Waals surface area contributed by atoms with Crippen LogP contribution in [0.2, 0.25) is 0 Å². The Bertz CT molecular complexity index is 461. The predicted octanol–water partition coefficient (Wildman–Crippen LogP) is 2.95. The summed E-state index contributed by atoms with van der Waals surface area (Å²) in [6.07, 6.45) is 5.26. The molecule has 1 aliphatic carbocycles. The highest BCUT2D eigenvalue weighted by Gasteiger charge is 2.24. The smallest absolute Gasteiger partial charge is 0.254 e. The molecule has 0 spiro atoms. The highest BCUT2D eigenvalue weighted by Crippen LogP contribution is 2.24. The second-order valence-corrected chi connectivity index (χ2v) is 5.06. The van der Waals surface area contributed by atoms with Crippen molar-refractivity contribution in [2.75, 3.05) is 12.8 Å². The van der Waals surface area contributed by atoms with E-state index < -0.39 is 17.3 Å². The molecule has 19 heavy (non-hydrogen) atoms. The minimum atomic E-state index is -0.889. The summed E-state index contributed by atoms with van der Waals surface area (Å²) in [5.41, 5.74) is 4.66. The van der Waals surface area contributed by atoms with Gasteiger partial charge in [-0.3, -0.25) is 4.79 Å². The number of nitrogens with two attached hydrogens (primary N) is 1. The first-order chi connectivity index (χ1) is 9.00. The lowest BCUT2D eigenvalue weighted by Crippen LogP contribution is -2.38. The van der Waals surface area contributed by atoms with Gasteiger partial charge in [0.1, 0.15) is 17.3 Å². The molecule has 0 heterocycles. The molecule has 0 unspecified atom stereocenters. The van der Waals surface area contributed by atoms with Crippen molar-refractivity contribution in [1.29, 1.82) is 0 Å². The fourth-order valence-electron chi connectivity index (χ4n) is 2.55. The highest BCUT2D eigenvalue weighted by molar-refractivity contribution is 5.94. The van der Waals surface area contributed by atoms with Crippen LogP contribution >= 0.6 is 0 Å². The molecule has 2 rings (SSSR count). The molecule has 3 nitrogen and oxygen atoms in total. The lowest BCUT2D eigenvalue weighted by Gasteiger charge is -2.31. The average molecular weight is 268 g/mol. The first kappa shape index (κ1) is 13.8. The second kappa shape index (κ2) is 5.55. The zero-order chi connectivity index (χ0) is 14.0. The van der Waals surface area contributed by atoms with Crippen molar-refractivity contribution >= 4 is 11.6 Å². The highest BCUT2D eigenvalue weighted by atomic mass is 19.1. The van der Waals surface area contributed by atoms with Crippen LogP contribution in [0, 0.1) is 11.6 Å². The normalized spacial score (nSPS) is 16.4. The molecule has 1 fully saturated rings. The van der Waals surface area contributed by atoms with Gasteiger partial charge in [0.05, 0.1) is 0 Å². The van der Waals surface area contributed by atoms with Crippen molar-refractivity contribution in [1.82, 2.24) is 4.90 Å². The number of nitrogen functional groups attached to an aromatic ring is 1. The fraction of sp³-hybridized carbons (Fsp3) is 0.500. The maximum absolute atomic E-state index is 13.4. The molecule has 0 radical (unpaired) electrons. The van der Waals surface area contributed by atoms with Crippen molar-refractivity contribution in [3.05, 3.63) is 29.3 Å². The number of carbonyl (C=O) groups excluding carboxylic acids is 1. The van der Waals surface area contributed by atoms with Gasteiger partial charge in [0.2, 0.25) is 0 Å². The van der Waals surface area contributed by atoms with Crippen LogP contribution < -0.4 is 5.73 Å². The van der Waals surface area contributed by atoms with Gasteiger partial charge in [-0.2, -0.15) is 0 Å². The minimum Gasteiger partial charge on any atom is -0.394 e. The molecule has 2 N–H and O–H groups in total. The van der Waals surface area contributed by atoms with Crippen LogP contribution in [0.25, 0.3) is 0 Å². The monoisotopic (exact) mass is 268 g/mol. The van der Waals surface area contributed by atoms with Gasteiger partial charge in [-0.05, 0) is 25.0 Å². The Hall–Kier alpha value is -1.65. The van der Waals surface area contributed by atoms with Crippen molar-refractivity contribution in [2.24, 2.45) is 0 Å². The molecule has 1 aromatic rings. The summed E-state index contributed by atoms with van der Waals surface area (Å²) in [6.45, 7) is 0. The first-order valence-corrected chi connectivity index (χ1v) is 6.52. The molecular formula is C14H18F2N2O. The number of hydrogen-bond donors (Lipinski definition) is 1. The lowest BCUT2D eigenvalue weighted by molar-refractivity contribution is 0.0695. The Morgan fingerprint density at radius 2 is 1.74 bits per heavy atom. The third kappa shape index (κ3) is 2.85. The topological polar surface area (TPSA) is 46.3 Å². The summed E-state index contributed by atoms with van der Waals surface area (Å²) in [4.78, 5) is 13.8. The molecule has 1 amide bonds. The van der Waals surface area contributed by atoms with E-state index in [9.17, 15) is 13.6 Å². The minimum absolute atomic E-state index is 0.0114. The third-order valence-electron chi connectivity index (χ3n) is 3.77. The molecule has 0 atom stereocenters. The predicted molar refractivity (Wildman–Crippen MR) is 69.7 cm³/mol. The van der Waals surface area contributed by atoms with Crippen LogP contribution in [-0.4, -0.2) is 23.9 Å². The molecule has 0 aromatic heterocycles. The van der Waals surface area contributed by atoms with E-state index in [-0.39, 0.29) is 17.5 Å². The maximum atomic E-state index is 13.4. The van der Waals surface area contributed by atoms with Gasteiger partial charge in [-0.25, -0.2) is 8.78 Å². The van der Waals surface area contributed by atoms with E-state index in [0.29, 0.717) is 0 Å². The summed E-state index contributed by atoms with van der Waals surface area (Å²) in [7, 11) is 1.69. The Kier molecular flexibility index (Phi) is 4.02. The van der Waals surface area contributed by atoms with Gasteiger partial charge in [0.25, 0.3) is 5.91 Å². The van der Waals surface area contributed by atoms with E-state index >= 15 is 0 Å². The van der Waals surface area contributed by atoms with E-state index in [1.54, 1.807) is 11.9 Å². The van der Waals surface area contributed by atoms with Crippen LogP contribution in [0.1, 0.15) is 42.5 Å². The largest absolute Gasteiger partial charge is 0.394 e. The molecule has 104 valence electrons. The number of rotatable bonds is 2. The van der Waals surface area contributed by atoms with E-state index in [2.05, 4.69) is 0 Å². The number of halogens is 2. The molecule has 0 saturated heterocycles. The summed E-state index contributed by atoms with van der Waals surface area (Å²) in [5.74, 6) is -2.13. The van der Waals surface area contributed by atoms with Crippen molar-refractivity contribution < 1.29 is 13.6 Å². The van der Waals surface area contributed by atoms with Crippen LogP contribution in [0.15, 0.2) is 12.1 Å². The van der Waals surface area contributed by atoms with E-state index in [1.165, 1.54) is 6.42 Å². The number of hydrogen-bond acceptors (Lipinski definition) is 2. The molecule has 1 saturated carbocycles. The lowest BCUT2D eigenvalue weighted by atomic mass is 9.94. The summed E-state index contributed by atoms with van der Waals surface area (Å²) in [6, 6.07) is 2.16. The van der Waals surface area contributed by atoms with Gasteiger partial charge >= 0.3 is 0 Å². The number of anilines is 1. The van der Waals surface area contributed by atoms with Crippen molar-refractivity contribution in [3.63, 3.8) is 0 Å². The van der Waals surface area contributed by atoms with E-state index in [4.69, 9.17) is 5.73 Å². The van der Waals surface area contributed by atoms with E-state index in [0.717, 1.165) is 37.8 Å². The van der Waals surface area contributed by atoms with Gasteiger partial charge in [0, 0.05) is 18.7 Å². The molecule has 1 aliphatic rings.